The lowest BCUT2D eigenvalue weighted by Gasteiger charge is -2.34. The Kier molecular flexibility index (Phi) is 4.49. The van der Waals surface area contributed by atoms with Gasteiger partial charge in [-0.3, -0.25) is 4.79 Å². The molecule has 2 N–H and O–H groups in total. The summed E-state index contributed by atoms with van der Waals surface area (Å²) in [5.41, 5.74) is 0.604. The van der Waals surface area contributed by atoms with Gasteiger partial charge in [0.05, 0.1) is 5.92 Å². The van der Waals surface area contributed by atoms with Gasteiger partial charge in [-0.1, -0.05) is 24.6 Å². The average Bonchev–Trinajstić information content (AvgIpc) is 2.37. The molecule has 1 fully saturated rings. The minimum atomic E-state index is -0.850. The third-order valence-corrected chi connectivity index (χ3v) is 3.61. The first-order valence-corrected chi connectivity index (χ1v) is 6.88. The van der Waals surface area contributed by atoms with E-state index in [0.717, 1.165) is 0 Å². The largest absolute Gasteiger partial charge is 0.481 e. The van der Waals surface area contributed by atoms with E-state index in [0.29, 0.717) is 23.7 Å². The molecule has 5 nitrogen and oxygen atoms in total. The zero-order valence-electron chi connectivity index (χ0n) is 11.2. The van der Waals surface area contributed by atoms with E-state index < -0.39 is 11.9 Å². The summed E-state index contributed by atoms with van der Waals surface area (Å²) in [4.78, 5) is 24.8. The van der Waals surface area contributed by atoms with Gasteiger partial charge in [0.2, 0.25) is 0 Å². The maximum Gasteiger partial charge on any atom is 0.321 e. The Morgan fingerprint density at radius 2 is 2.15 bits per heavy atom. The summed E-state index contributed by atoms with van der Waals surface area (Å²) < 4.78 is 0. The summed E-state index contributed by atoms with van der Waals surface area (Å²) in [6.45, 7) is 2.76. The van der Waals surface area contributed by atoms with E-state index in [1.807, 2.05) is 6.92 Å². The maximum absolute atomic E-state index is 12.2. The molecule has 20 heavy (non-hydrogen) atoms. The van der Waals surface area contributed by atoms with Crippen molar-refractivity contribution in [3.63, 3.8) is 0 Å². The van der Waals surface area contributed by atoms with E-state index >= 15 is 0 Å². The van der Waals surface area contributed by atoms with Crippen LogP contribution in [0.1, 0.15) is 13.3 Å². The number of nitrogens with zero attached hydrogens (tertiary/aromatic N) is 1. The van der Waals surface area contributed by atoms with Crippen molar-refractivity contribution in [3.8, 4) is 0 Å². The molecule has 108 valence electrons. The Morgan fingerprint density at radius 3 is 2.80 bits per heavy atom. The van der Waals surface area contributed by atoms with Crippen molar-refractivity contribution < 1.29 is 14.7 Å². The number of hydrogen-bond donors (Lipinski definition) is 2. The number of carboxylic acids is 1. The molecule has 2 amide bonds. The predicted molar refractivity (Wildman–Crippen MR) is 77.0 cm³/mol. The number of urea groups is 1. The summed E-state index contributed by atoms with van der Waals surface area (Å²) in [7, 11) is 0. The van der Waals surface area contributed by atoms with Crippen LogP contribution in [0.3, 0.4) is 0 Å². The van der Waals surface area contributed by atoms with Crippen LogP contribution in [0, 0.1) is 11.8 Å². The topological polar surface area (TPSA) is 69.6 Å². The molecule has 0 aliphatic carbocycles. The van der Waals surface area contributed by atoms with Crippen LogP contribution in [0.15, 0.2) is 24.3 Å². The molecule has 6 heteroatoms. The summed E-state index contributed by atoms with van der Waals surface area (Å²) in [6, 6.07) is 6.58. The number of rotatable bonds is 2. The number of anilines is 1. The fourth-order valence-electron chi connectivity index (χ4n) is 2.47. The highest BCUT2D eigenvalue weighted by Crippen LogP contribution is 2.23. The Hall–Kier alpha value is -1.75. The SMILES string of the molecule is CC1CC(C(=O)O)CN(C(=O)Nc2cccc(Cl)c2)C1. The molecule has 1 aliphatic rings. The lowest BCUT2D eigenvalue weighted by molar-refractivity contribution is -0.143. The number of halogens is 1. The lowest BCUT2D eigenvalue weighted by atomic mass is 9.91. The summed E-state index contributed by atoms with van der Waals surface area (Å²) in [5.74, 6) is -1.17. The van der Waals surface area contributed by atoms with Crippen LogP contribution >= 0.6 is 11.6 Å². The van der Waals surface area contributed by atoms with Crippen molar-refractivity contribution in [1.82, 2.24) is 4.90 Å². The zero-order valence-corrected chi connectivity index (χ0v) is 11.9. The molecule has 2 unspecified atom stereocenters. The zero-order chi connectivity index (χ0) is 14.7. The van der Waals surface area contributed by atoms with Gasteiger partial charge in [-0.25, -0.2) is 4.79 Å². The second-order valence-electron chi connectivity index (χ2n) is 5.22. The fourth-order valence-corrected chi connectivity index (χ4v) is 2.66. The van der Waals surface area contributed by atoms with Gasteiger partial charge in [0, 0.05) is 23.8 Å². The number of amides is 2. The van der Waals surface area contributed by atoms with E-state index in [4.69, 9.17) is 16.7 Å². The Labute approximate surface area is 122 Å². The fraction of sp³-hybridized carbons (Fsp3) is 0.429. The van der Waals surface area contributed by atoms with Gasteiger partial charge in [0.25, 0.3) is 0 Å². The van der Waals surface area contributed by atoms with Crippen molar-refractivity contribution in [3.05, 3.63) is 29.3 Å². The number of piperidine rings is 1. The number of nitrogens with one attached hydrogen (secondary N) is 1. The third-order valence-electron chi connectivity index (χ3n) is 3.37. The van der Waals surface area contributed by atoms with Crippen LogP contribution in [0.25, 0.3) is 0 Å². The first-order valence-electron chi connectivity index (χ1n) is 6.50. The molecule has 2 atom stereocenters. The molecule has 1 aliphatic heterocycles. The molecule has 1 aromatic carbocycles. The maximum atomic E-state index is 12.2. The van der Waals surface area contributed by atoms with Gasteiger partial charge in [-0.2, -0.15) is 0 Å². The highest BCUT2D eigenvalue weighted by Gasteiger charge is 2.31. The molecule has 0 bridgehead atoms. The number of carbonyl (C=O) groups excluding carboxylic acids is 1. The summed E-state index contributed by atoms with van der Waals surface area (Å²) in [5, 5.41) is 12.4. The van der Waals surface area contributed by atoms with Crippen LogP contribution in [-0.4, -0.2) is 35.1 Å². The molecule has 0 saturated carbocycles. The van der Waals surface area contributed by atoms with Gasteiger partial charge in [0.1, 0.15) is 0 Å². The predicted octanol–water partition coefficient (Wildman–Crippen LogP) is 2.91. The number of hydrogen-bond acceptors (Lipinski definition) is 2. The number of carbonyl (C=O) groups is 2. The molecule has 0 aromatic heterocycles. The molecular weight excluding hydrogens is 280 g/mol. The van der Waals surface area contributed by atoms with E-state index in [2.05, 4.69) is 5.32 Å². The van der Waals surface area contributed by atoms with Crippen LogP contribution in [-0.2, 0) is 4.79 Å². The summed E-state index contributed by atoms with van der Waals surface area (Å²) >= 11 is 5.86. The minimum absolute atomic E-state index is 0.176. The van der Waals surface area contributed by atoms with Gasteiger partial charge >= 0.3 is 12.0 Å². The van der Waals surface area contributed by atoms with E-state index in [-0.39, 0.29) is 18.5 Å². The monoisotopic (exact) mass is 296 g/mol. The van der Waals surface area contributed by atoms with Crippen molar-refractivity contribution in [1.29, 1.82) is 0 Å². The normalized spacial score (nSPS) is 22.4. The Balaban J connectivity index is 2.03. The van der Waals surface area contributed by atoms with E-state index in [9.17, 15) is 9.59 Å². The standard InChI is InChI=1S/C14H17ClN2O3/c1-9-5-10(13(18)19)8-17(7-9)14(20)16-12-4-2-3-11(15)6-12/h2-4,6,9-10H,5,7-8H2,1H3,(H,16,20)(H,18,19). The van der Waals surface area contributed by atoms with Crippen molar-refractivity contribution in [2.45, 2.75) is 13.3 Å². The second-order valence-corrected chi connectivity index (χ2v) is 5.66. The molecular formula is C14H17ClN2O3. The highest BCUT2D eigenvalue weighted by molar-refractivity contribution is 6.30. The number of likely N-dealkylation sites (tertiary alicyclic amines) is 1. The van der Waals surface area contributed by atoms with Crippen molar-refractivity contribution in [2.24, 2.45) is 11.8 Å². The molecule has 1 heterocycles. The van der Waals surface area contributed by atoms with Crippen LogP contribution in [0.4, 0.5) is 10.5 Å². The lowest BCUT2D eigenvalue weighted by Crippen LogP contribution is -2.47. The van der Waals surface area contributed by atoms with Gasteiger partial charge < -0.3 is 15.3 Å². The van der Waals surface area contributed by atoms with Gasteiger partial charge in [-0.15, -0.1) is 0 Å². The second kappa shape index (κ2) is 6.13. The summed E-state index contributed by atoms with van der Waals surface area (Å²) in [6.07, 6.45) is 0.607. The van der Waals surface area contributed by atoms with E-state index in [1.54, 1.807) is 29.2 Å². The number of benzene rings is 1. The quantitative estimate of drug-likeness (QED) is 0.881. The molecule has 0 radical (unpaired) electrons. The molecule has 1 saturated heterocycles. The van der Waals surface area contributed by atoms with Gasteiger partial charge in [0.15, 0.2) is 0 Å². The number of aliphatic carboxylic acids is 1. The average molecular weight is 297 g/mol. The number of carboxylic acid groups (broad SMARTS) is 1. The first kappa shape index (κ1) is 14.7. The highest BCUT2D eigenvalue weighted by atomic mass is 35.5. The van der Waals surface area contributed by atoms with Crippen molar-refractivity contribution in [2.75, 3.05) is 18.4 Å². The molecule has 1 aromatic rings. The Bertz CT molecular complexity index is 521. The third kappa shape index (κ3) is 3.63. The van der Waals surface area contributed by atoms with Gasteiger partial charge in [-0.05, 0) is 30.5 Å². The van der Waals surface area contributed by atoms with Crippen molar-refractivity contribution >= 4 is 29.3 Å². The van der Waals surface area contributed by atoms with E-state index in [1.165, 1.54) is 0 Å². The van der Waals surface area contributed by atoms with Crippen LogP contribution < -0.4 is 5.32 Å². The van der Waals surface area contributed by atoms with Crippen LogP contribution in [0.5, 0.6) is 0 Å². The minimum Gasteiger partial charge on any atom is -0.481 e. The smallest absolute Gasteiger partial charge is 0.321 e. The molecule has 0 spiro atoms. The molecule has 2 rings (SSSR count). The Morgan fingerprint density at radius 1 is 1.40 bits per heavy atom. The van der Waals surface area contributed by atoms with Crippen LogP contribution in [0.2, 0.25) is 5.02 Å². The first-order chi connectivity index (χ1) is 9.45.